The van der Waals surface area contributed by atoms with Gasteiger partial charge in [-0.15, -0.1) is 0 Å². The highest BCUT2D eigenvalue weighted by atomic mass is 14.7. The zero-order chi connectivity index (χ0) is 9.56. The molecule has 0 amide bonds. The molecule has 0 N–H and O–H groups in total. The van der Waals surface area contributed by atoms with Gasteiger partial charge in [-0.05, 0) is 26.2 Å². The summed E-state index contributed by atoms with van der Waals surface area (Å²) in [5, 5.41) is 0. The van der Waals surface area contributed by atoms with E-state index in [0.29, 0.717) is 5.92 Å². The molecule has 0 atom stereocenters. The molecule has 0 saturated carbocycles. The van der Waals surface area contributed by atoms with Crippen molar-refractivity contribution in [3.63, 3.8) is 0 Å². The summed E-state index contributed by atoms with van der Waals surface area (Å²) < 4.78 is 0. The van der Waals surface area contributed by atoms with Gasteiger partial charge in [-0.25, -0.2) is 0 Å². The first-order chi connectivity index (χ1) is 5.57. The Morgan fingerprint density at radius 1 is 1.33 bits per heavy atom. The third-order valence-electron chi connectivity index (χ3n) is 2.17. The lowest BCUT2D eigenvalue weighted by molar-refractivity contribution is 0.870. The van der Waals surface area contributed by atoms with Crippen molar-refractivity contribution in [1.29, 1.82) is 0 Å². The minimum Gasteiger partial charge on any atom is -0.290 e. The highest BCUT2D eigenvalue weighted by molar-refractivity contribution is 5.83. The van der Waals surface area contributed by atoms with Gasteiger partial charge in [-0.2, -0.15) is 0 Å². The van der Waals surface area contributed by atoms with Crippen molar-refractivity contribution < 1.29 is 0 Å². The van der Waals surface area contributed by atoms with Crippen molar-refractivity contribution in [2.45, 2.75) is 41.0 Å². The molecule has 0 fully saturated rings. The first-order valence-electron chi connectivity index (χ1n) is 4.74. The molecule has 12 heavy (non-hydrogen) atoms. The second-order valence-electron chi connectivity index (χ2n) is 3.54. The first kappa shape index (κ1) is 11.4. The molecular formula is C11H21N. The number of allylic oxidation sites excluding steroid dienone is 1. The number of nitrogens with zero attached hydrogens (tertiary/aromatic N) is 1. The first-order valence-corrected chi connectivity index (χ1v) is 4.74. The van der Waals surface area contributed by atoms with Crippen LogP contribution in [-0.4, -0.2) is 12.3 Å². The molecule has 0 aliphatic carbocycles. The predicted octanol–water partition coefficient (Wildman–Crippen LogP) is 3.46. The summed E-state index contributed by atoms with van der Waals surface area (Å²) in [6.07, 6.45) is 3.34. The highest BCUT2D eigenvalue weighted by Crippen LogP contribution is 1.99. The van der Waals surface area contributed by atoms with Gasteiger partial charge in [0, 0.05) is 5.71 Å². The molecule has 0 unspecified atom stereocenters. The molecule has 0 aliphatic rings. The van der Waals surface area contributed by atoms with Gasteiger partial charge in [0.15, 0.2) is 0 Å². The van der Waals surface area contributed by atoms with Gasteiger partial charge in [0.2, 0.25) is 0 Å². The van der Waals surface area contributed by atoms with Crippen LogP contribution < -0.4 is 0 Å². The van der Waals surface area contributed by atoms with E-state index < -0.39 is 0 Å². The fourth-order valence-electron chi connectivity index (χ4n) is 0.672. The Labute approximate surface area is 76.6 Å². The van der Waals surface area contributed by atoms with Crippen LogP contribution in [0.2, 0.25) is 0 Å². The largest absolute Gasteiger partial charge is 0.290 e. The maximum Gasteiger partial charge on any atom is 0.0572 e. The Morgan fingerprint density at radius 2 is 1.92 bits per heavy atom. The van der Waals surface area contributed by atoms with E-state index in [1.54, 1.807) is 0 Å². The average molecular weight is 167 g/mol. The molecule has 1 heteroatoms. The van der Waals surface area contributed by atoms with Crippen LogP contribution in [0.1, 0.15) is 41.0 Å². The zero-order valence-corrected chi connectivity index (χ0v) is 9.02. The van der Waals surface area contributed by atoms with Crippen molar-refractivity contribution in [1.82, 2.24) is 0 Å². The summed E-state index contributed by atoms with van der Waals surface area (Å²) in [7, 11) is 0. The lowest BCUT2D eigenvalue weighted by Gasteiger charge is -2.02. The van der Waals surface area contributed by atoms with Gasteiger partial charge in [-0.3, -0.25) is 4.99 Å². The van der Waals surface area contributed by atoms with E-state index >= 15 is 0 Å². The SMILES string of the molecule is CCC(C)=CCN=C(C)C(C)C. The fraction of sp³-hybridized carbons (Fsp3) is 0.727. The number of aliphatic imine (C=N–C) groups is 1. The quantitative estimate of drug-likeness (QED) is 0.449. The lowest BCUT2D eigenvalue weighted by atomic mass is 10.1. The summed E-state index contributed by atoms with van der Waals surface area (Å²) in [5.74, 6) is 0.584. The molecule has 0 aromatic heterocycles. The minimum absolute atomic E-state index is 0.584. The molecule has 70 valence electrons. The van der Waals surface area contributed by atoms with Gasteiger partial charge < -0.3 is 0 Å². The van der Waals surface area contributed by atoms with E-state index in [-0.39, 0.29) is 0 Å². The van der Waals surface area contributed by atoms with Gasteiger partial charge in [-0.1, -0.05) is 32.4 Å². The van der Waals surface area contributed by atoms with Crippen LogP contribution in [0.4, 0.5) is 0 Å². The smallest absolute Gasteiger partial charge is 0.0572 e. The van der Waals surface area contributed by atoms with Gasteiger partial charge in [0.25, 0.3) is 0 Å². The van der Waals surface area contributed by atoms with Gasteiger partial charge in [0.05, 0.1) is 6.54 Å². The summed E-state index contributed by atoms with van der Waals surface area (Å²) >= 11 is 0. The summed E-state index contributed by atoms with van der Waals surface area (Å²) in [6, 6.07) is 0. The fourth-order valence-corrected chi connectivity index (χ4v) is 0.672. The van der Waals surface area contributed by atoms with E-state index in [0.717, 1.165) is 13.0 Å². The van der Waals surface area contributed by atoms with E-state index in [9.17, 15) is 0 Å². The van der Waals surface area contributed by atoms with Crippen LogP contribution in [0.15, 0.2) is 16.6 Å². The predicted molar refractivity (Wildman–Crippen MR) is 56.9 cm³/mol. The zero-order valence-electron chi connectivity index (χ0n) is 9.02. The number of hydrogen-bond acceptors (Lipinski definition) is 1. The Hall–Kier alpha value is -0.590. The lowest BCUT2D eigenvalue weighted by Crippen LogP contribution is -2.02. The number of hydrogen-bond donors (Lipinski definition) is 0. The molecule has 0 aliphatic heterocycles. The van der Waals surface area contributed by atoms with E-state index in [2.05, 4.69) is 45.7 Å². The van der Waals surface area contributed by atoms with Crippen LogP contribution in [0, 0.1) is 5.92 Å². The monoisotopic (exact) mass is 167 g/mol. The summed E-state index contributed by atoms with van der Waals surface area (Å²) in [6.45, 7) is 11.6. The maximum absolute atomic E-state index is 4.45. The molecule has 0 rings (SSSR count). The van der Waals surface area contributed by atoms with Crippen molar-refractivity contribution in [3.05, 3.63) is 11.6 Å². The van der Waals surface area contributed by atoms with E-state index in [1.807, 2.05) is 0 Å². The Bertz CT molecular complexity index is 175. The van der Waals surface area contributed by atoms with Crippen LogP contribution >= 0.6 is 0 Å². The van der Waals surface area contributed by atoms with Crippen LogP contribution in [0.3, 0.4) is 0 Å². The number of rotatable bonds is 4. The molecular weight excluding hydrogens is 146 g/mol. The summed E-state index contributed by atoms with van der Waals surface area (Å²) in [4.78, 5) is 4.45. The minimum atomic E-state index is 0.584. The van der Waals surface area contributed by atoms with Crippen LogP contribution in [-0.2, 0) is 0 Å². The van der Waals surface area contributed by atoms with Crippen molar-refractivity contribution >= 4 is 5.71 Å². The average Bonchev–Trinajstić information content (AvgIpc) is 2.03. The third-order valence-corrected chi connectivity index (χ3v) is 2.17. The van der Waals surface area contributed by atoms with Crippen LogP contribution in [0.5, 0.6) is 0 Å². The highest BCUT2D eigenvalue weighted by Gasteiger charge is 1.95. The van der Waals surface area contributed by atoms with Crippen molar-refractivity contribution in [2.24, 2.45) is 10.9 Å². The van der Waals surface area contributed by atoms with Crippen LogP contribution in [0.25, 0.3) is 0 Å². The van der Waals surface area contributed by atoms with E-state index in [1.165, 1.54) is 11.3 Å². The molecule has 1 nitrogen and oxygen atoms in total. The van der Waals surface area contributed by atoms with Gasteiger partial charge in [0.1, 0.15) is 0 Å². The van der Waals surface area contributed by atoms with Crippen molar-refractivity contribution in [3.8, 4) is 0 Å². The second kappa shape index (κ2) is 5.99. The molecule has 0 radical (unpaired) electrons. The molecule has 0 saturated heterocycles. The second-order valence-corrected chi connectivity index (χ2v) is 3.54. The summed E-state index contributed by atoms with van der Waals surface area (Å²) in [5.41, 5.74) is 2.67. The third kappa shape index (κ3) is 5.11. The molecule has 0 spiro atoms. The molecule has 0 aromatic rings. The maximum atomic E-state index is 4.45. The molecule has 0 bridgehead atoms. The van der Waals surface area contributed by atoms with Crippen molar-refractivity contribution in [2.75, 3.05) is 6.54 Å². The van der Waals surface area contributed by atoms with Gasteiger partial charge >= 0.3 is 0 Å². The van der Waals surface area contributed by atoms with E-state index in [4.69, 9.17) is 0 Å². The normalized spacial score (nSPS) is 14.2. The standard InChI is InChI=1S/C11H21N/c1-6-10(4)7-8-12-11(5)9(2)3/h7,9H,6,8H2,1-5H3. The Balaban J connectivity index is 3.89. The Morgan fingerprint density at radius 3 is 2.33 bits per heavy atom. The Kier molecular flexibility index (Phi) is 5.69. The molecule has 0 aromatic carbocycles. The molecule has 0 heterocycles. The topological polar surface area (TPSA) is 12.4 Å².